The van der Waals surface area contributed by atoms with Gasteiger partial charge in [-0.15, -0.1) is 0 Å². The van der Waals surface area contributed by atoms with Crippen LogP contribution < -0.4 is 4.74 Å². The number of hydrogen-bond acceptors (Lipinski definition) is 4. The predicted octanol–water partition coefficient (Wildman–Crippen LogP) is 1.97. The topological polar surface area (TPSA) is 72.8 Å². The first-order valence-corrected chi connectivity index (χ1v) is 5.34. The number of hydrogen-bond donors (Lipinski definition) is 1. The van der Waals surface area contributed by atoms with Crippen molar-refractivity contribution in [2.45, 2.75) is 6.92 Å². The van der Waals surface area contributed by atoms with Crippen molar-refractivity contribution in [1.82, 2.24) is 0 Å². The molecular formula is C13H14O5. The molecule has 1 aromatic carbocycles. The largest absolute Gasteiger partial charge is 0.496 e. The lowest BCUT2D eigenvalue weighted by Gasteiger charge is -2.05. The van der Waals surface area contributed by atoms with E-state index in [2.05, 4.69) is 0 Å². The minimum Gasteiger partial charge on any atom is -0.496 e. The first-order valence-electron chi connectivity index (χ1n) is 5.34. The highest BCUT2D eigenvalue weighted by atomic mass is 16.5. The van der Waals surface area contributed by atoms with Crippen LogP contribution >= 0.6 is 0 Å². The highest BCUT2D eigenvalue weighted by Gasteiger charge is 2.10. The molecule has 0 aliphatic carbocycles. The molecule has 0 aliphatic rings. The standard InChI is InChI=1S/C13H14O5/c1-3-18-12(14)7-5-9-4-6-11(17-2)10(8-9)13(15)16/h4-8H,3H2,1-2H3,(H,15,16). The van der Waals surface area contributed by atoms with Gasteiger partial charge in [-0.25, -0.2) is 9.59 Å². The summed E-state index contributed by atoms with van der Waals surface area (Å²) < 4.78 is 9.65. The van der Waals surface area contributed by atoms with E-state index in [4.69, 9.17) is 14.6 Å². The van der Waals surface area contributed by atoms with E-state index >= 15 is 0 Å². The normalized spacial score (nSPS) is 10.3. The Balaban J connectivity index is 2.95. The van der Waals surface area contributed by atoms with Crippen molar-refractivity contribution < 1.29 is 24.2 Å². The third kappa shape index (κ3) is 3.62. The summed E-state index contributed by atoms with van der Waals surface area (Å²) in [5.41, 5.74) is 0.629. The number of carboxylic acids is 1. The number of aromatic carboxylic acids is 1. The van der Waals surface area contributed by atoms with Crippen LogP contribution in [0.3, 0.4) is 0 Å². The van der Waals surface area contributed by atoms with Gasteiger partial charge in [0.05, 0.1) is 13.7 Å². The van der Waals surface area contributed by atoms with Crippen LogP contribution in [0.1, 0.15) is 22.8 Å². The Hall–Kier alpha value is -2.30. The van der Waals surface area contributed by atoms with E-state index in [1.54, 1.807) is 13.0 Å². The van der Waals surface area contributed by atoms with Gasteiger partial charge in [0, 0.05) is 6.08 Å². The molecular weight excluding hydrogens is 236 g/mol. The number of methoxy groups -OCH3 is 1. The van der Waals surface area contributed by atoms with Crippen LogP contribution in [0.4, 0.5) is 0 Å². The summed E-state index contributed by atoms with van der Waals surface area (Å²) in [4.78, 5) is 22.1. The molecule has 0 spiro atoms. The van der Waals surface area contributed by atoms with Crippen LogP contribution in [0.15, 0.2) is 24.3 Å². The van der Waals surface area contributed by atoms with E-state index in [1.165, 1.54) is 31.4 Å². The molecule has 0 aromatic heterocycles. The van der Waals surface area contributed by atoms with E-state index in [0.29, 0.717) is 12.2 Å². The van der Waals surface area contributed by atoms with Gasteiger partial charge in [-0.2, -0.15) is 0 Å². The van der Waals surface area contributed by atoms with Crippen molar-refractivity contribution in [1.29, 1.82) is 0 Å². The van der Waals surface area contributed by atoms with Crippen LogP contribution in [-0.2, 0) is 9.53 Å². The lowest BCUT2D eigenvalue weighted by molar-refractivity contribution is -0.137. The quantitative estimate of drug-likeness (QED) is 0.639. The van der Waals surface area contributed by atoms with Crippen LogP contribution in [0.2, 0.25) is 0 Å². The molecule has 96 valence electrons. The first kappa shape index (κ1) is 13.8. The van der Waals surface area contributed by atoms with Gasteiger partial charge in [-0.05, 0) is 30.7 Å². The molecule has 0 saturated heterocycles. The number of carbonyl (C=O) groups is 2. The first-order chi connectivity index (χ1) is 8.58. The maximum Gasteiger partial charge on any atom is 0.339 e. The Bertz CT molecular complexity index is 476. The van der Waals surface area contributed by atoms with Gasteiger partial charge in [0.25, 0.3) is 0 Å². The number of benzene rings is 1. The van der Waals surface area contributed by atoms with Gasteiger partial charge in [0.2, 0.25) is 0 Å². The van der Waals surface area contributed by atoms with Crippen LogP contribution in [0.25, 0.3) is 6.08 Å². The highest BCUT2D eigenvalue weighted by Crippen LogP contribution is 2.20. The number of rotatable bonds is 5. The second-order valence-electron chi connectivity index (χ2n) is 3.35. The second-order valence-corrected chi connectivity index (χ2v) is 3.35. The minimum absolute atomic E-state index is 0.0449. The van der Waals surface area contributed by atoms with Gasteiger partial charge in [-0.3, -0.25) is 0 Å². The third-order valence-corrected chi connectivity index (χ3v) is 2.15. The number of carboxylic acid groups (broad SMARTS) is 1. The Labute approximate surface area is 105 Å². The molecule has 0 atom stereocenters. The fourth-order valence-electron chi connectivity index (χ4n) is 1.35. The van der Waals surface area contributed by atoms with Crippen molar-refractivity contribution in [3.63, 3.8) is 0 Å². The Morgan fingerprint density at radius 2 is 2.11 bits per heavy atom. The van der Waals surface area contributed by atoms with Crippen molar-refractivity contribution in [3.05, 3.63) is 35.4 Å². The molecule has 1 rings (SSSR count). The van der Waals surface area contributed by atoms with Crippen molar-refractivity contribution in [2.75, 3.05) is 13.7 Å². The zero-order chi connectivity index (χ0) is 13.5. The number of ether oxygens (including phenoxy) is 2. The van der Waals surface area contributed by atoms with Gasteiger partial charge in [0.1, 0.15) is 11.3 Å². The van der Waals surface area contributed by atoms with Crippen molar-refractivity contribution in [2.24, 2.45) is 0 Å². The molecule has 0 aliphatic heterocycles. The van der Waals surface area contributed by atoms with Gasteiger partial charge in [-0.1, -0.05) is 6.07 Å². The van der Waals surface area contributed by atoms with E-state index in [9.17, 15) is 9.59 Å². The molecule has 0 fully saturated rings. The summed E-state index contributed by atoms with van der Waals surface area (Å²) >= 11 is 0. The van der Waals surface area contributed by atoms with E-state index < -0.39 is 11.9 Å². The molecule has 1 N–H and O–H groups in total. The molecule has 1 aromatic rings. The monoisotopic (exact) mass is 250 g/mol. The smallest absolute Gasteiger partial charge is 0.339 e. The SMILES string of the molecule is CCOC(=O)C=Cc1ccc(OC)c(C(=O)O)c1. The maximum atomic E-state index is 11.1. The summed E-state index contributed by atoms with van der Waals surface area (Å²) in [6, 6.07) is 4.62. The van der Waals surface area contributed by atoms with Crippen LogP contribution in [0.5, 0.6) is 5.75 Å². The van der Waals surface area contributed by atoms with E-state index in [0.717, 1.165) is 0 Å². The summed E-state index contributed by atoms with van der Waals surface area (Å²) in [5, 5.41) is 8.99. The molecule has 0 saturated carbocycles. The predicted molar refractivity (Wildman–Crippen MR) is 65.6 cm³/mol. The minimum atomic E-state index is -1.08. The number of carbonyl (C=O) groups excluding carboxylic acids is 1. The van der Waals surface area contributed by atoms with Gasteiger partial charge in [0.15, 0.2) is 0 Å². The van der Waals surface area contributed by atoms with Gasteiger partial charge >= 0.3 is 11.9 Å². The molecule has 0 radical (unpaired) electrons. The van der Waals surface area contributed by atoms with Crippen molar-refractivity contribution in [3.8, 4) is 5.75 Å². The molecule has 5 nitrogen and oxygen atoms in total. The number of esters is 1. The zero-order valence-corrected chi connectivity index (χ0v) is 10.2. The molecule has 0 amide bonds. The summed E-state index contributed by atoms with van der Waals surface area (Å²) in [7, 11) is 1.40. The summed E-state index contributed by atoms with van der Waals surface area (Å²) in [6.45, 7) is 2.01. The lowest BCUT2D eigenvalue weighted by atomic mass is 10.1. The highest BCUT2D eigenvalue weighted by molar-refractivity contribution is 5.92. The Morgan fingerprint density at radius 1 is 1.39 bits per heavy atom. The van der Waals surface area contributed by atoms with E-state index in [1.807, 2.05) is 0 Å². The summed E-state index contributed by atoms with van der Waals surface area (Å²) in [5.74, 6) is -1.28. The molecule has 0 heterocycles. The molecule has 18 heavy (non-hydrogen) atoms. The van der Waals surface area contributed by atoms with Crippen LogP contribution in [-0.4, -0.2) is 30.8 Å². The fourth-order valence-corrected chi connectivity index (χ4v) is 1.35. The molecule has 5 heteroatoms. The fraction of sp³-hybridized carbons (Fsp3) is 0.231. The van der Waals surface area contributed by atoms with Crippen molar-refractivity contribution >= 4 is 18.0 Å². The molecule has 0 unspecified atom stereocenters. The molecule has 0 bridgehead atoms. The lowest BCUT2D eigenvalue weighted by Crippen LogP contribution is -2.01. The Morgan fingerprint density at radius 3 is 2.67 bits per heavy atom. The van der Waals surface area contributed by atoms with E-state index in [-0.39, 0.29) is 11.3 Å². The average Bonchev–Trinajstić information content (AvgIpc) is 2.36. The second kappa shape index (κ2) is 6.44. The van der Waals surface area contributed by atoms with Crippen LogP contribution in [0, 0.1) is 0 Å². The average molecular weight is 250 g/mol. The zero-order valence-electron chi connectivity index (χ0n) is 10.2. The maximum absolute atomic E-state index is 11.1. The van der Waals surface area contributed by atoms with Gasteiger partial charge < -0.3 is 14.6 Å². The summed E-state index contributed by atoms with van der Waals surface area (Å²) in [6.07, 6.45) is 2.74. The Kier molecular flexibility index (Phi) is 4.92. The third-order valence-electron chi connectivity index (χ3n) is 2.15.